The number of aliphatic hydroxyl groups excluding tert-OH is 1. The van der Waals surface area contributed by atoms with Crippen LogP contribution in [0.5, 0.6) is 0 Å². The molecule has 0 aliphatic carbocycles. The Morgan fingerprint density at radius 2 is 2.16 bits per heavy atom. The molecule has 0 aromatic heterocycles. The van der Waals surface area contributed by atoms with E-state index in [0.29, 0.717) is 24.1 Å². The van der Waals surface area contributed by atoms with Crippen LogP contribution >= 0.6 is 22.6 Å². The Hall–Kier alpha value is -1.15. The highest BCUT2D eigenvalue weighted by Crippen LogP contribution is 2.36. The van der Waals surface area contributed by atoms with E-state index in [4.69, 9.17) is 0 Å². The second-order valence-electron chi connectivity index (χ2n) is 4.74. The molecule has 0 bridgehead atoms. The third-order valence-electron chi connectivity index (χ3n) is 3.63. The van der Waals surface area contributed by atoms with Crippen LogP contribution in [-0.4, -0.2) is 34.4 Å². The summed E-state index contributed by atoms with van der Waals surface area (Å²) in [6.07, 6.45) is 0.394. The minimum atomic E-state index is -1.02. The van der Waals surface area contributed by atoms with Crippen LogP contribution in [0.4, 0.5) is 0 Å². The van der Waals surface area contributed by atoms with Gasteiger partial charge in [0.05, 0.1) is 5.56 Å². The van der Waals surface area contributed by atoms with Gasteiger partial charge in [0, 0.05) is 15.7 Å². The van der Waals surface area contributed by atoms with Gasteiger partial charge in [-0.1, -0.05) is 12.1 Å². The van der Waals surface area contributed by atoms with E-state index in [2.05, 4.69) is 27.9 Å². The van der Waals surface area contributed by atoms with Gasteiger partial charge in [0.1, 0.15) is 6.04 Å². The second kappa shape index (κ2) is 4.75. The average molecular weight is 372 g/mol. The minimum absolute atomic E-state index is 0.179. The van der Waals surface area contributed by atoms with Crippen molar-refractivity contribution in [2.45, 2.75) is 25.1 Å². The van der Waals surface area contributed by atoms with Crippen LogP contribution in [0.15, 0.2) is 18.2 Å². The average Bonchev–Trinajstić information content (AvgIpc) is 2.64. The number of nitrogens with one attached hydrogen (secondary N) is 1. The lowest BCUT2D eigenvalue weighted by atomic mass is 10.1. The lowest BCUT2D eigenvalue weighted by Crippen LogP contribution is -2.51. The van der Waals surface area contributed by atoms with Crippen molar-refractivity contribution in [1.29, 1.82) is 0 Å². The van der Waals surface area contributed by atoms with Crippen LogP contribution in [0.25, 0.3) is 0 Å². The molecule has 1 saturated heterocycles. The molecular weight excluding hydrogens is 359 g/mol. The third kappa shape index (κ3) is 1.93. The van der Waals surface area contributed by atoms with Crippen molar-refractivity contribution in [1.82, 2.24) is 10.2 Å². The van der Waals surface area contributed by atoms with Crippen molar-refractivity contribution in [2.75, 3.05) is 6.54 Å². The summed E-state index contributed by atoms with van der Waals surface area (Å²) in [6, 6.07) is 4.80. The summed E-state index contributed by atoms with van der Waals surface area (Å²) < 4.78 is 0.804. The standard InChI is InChI=1S/C13H13IN2O3/c14-8-4-1-3-7-10(8)13(19)16(12(7)18)9-5-2-6-15-11(9)17/h1,3-4,9,12,18H,2,5-6H2,(H,15,17). The molecule has 0 radical (unpaired) electrons. The molecule has 2 amide bonds. The zero-order chi connectivity index (χ0) is 13.6. The highest BCUT2D eigenvalue weighted by Gasteiger charge is 2.43. The topological polar surface area (TPSA) is 69.6 Å². The van der Waals surface area contributed by atoms with Crippen LogP contribution in [0.1, 0.15) is 35.0 Å². The molecule has 1 aromatic rings. The molecule has 3 rings (SSSR count). The first kappa shape index (κ1) is 12.9. The predicted octanol–water partition coefficient (Wildman–Crippen LogP) is 1.02. The van der Waals surface area contributed by atoms with Crippen LogP contribution in [-0.2, 0) is 4.79 Å². The summed E-state index contributed by atoms with van der Waals surface area (Å²) in [6.45, 7) is 0.637. The number of fused-ring (bicyclic) bond motifs is 1. The molecule has 0 spiro atoms. The van der Waals surface area contributed by atoms with Gasteiger partial charge in [-0.2, -0.15) is 0 Å². The monoisotopic (exact) mass is 372 g/mol. The van der Waals surface area contributed by atoms with E-state index in [1.54, 1.807) is 6.07 Å². The van der Waals surface area contributed by atoms with Gasteiger partial charge in [0.15, 0.2) is 6.23 Å². The lowest BCUT2D eigenvalue weighted by molar-refractivity contribution is -0.131. The van der Waals surface area contributed by atoms with Gasteiger partial charge in [0.2, 0.25) is 5.91 Å². The fourth-order valence-corrected chi connectivity index (χ4v) is 3.45. The SMILES string of the molecule is O=C1NCCCC1N1C(=O)c2c(I)cccc2C1O. The van der Waals surface area contributed by atoms with Crippen molar-refractivity contribution >= 4 is 34.4 Å². The van der Waals surface area contributed by atoms with Crippen molar-refractivity contribution < 1.29 is 14.7 Å². The molecule has 1 aromatic carbocycles. The number of halogens is 1. The Balaban J connectivity index is 2.00. The lowest BCUT2D eigenvalue weighted by Gasteiger charge is -2.32. The minimum Gasteiger partial charge on any atom is -0.369 e. The summed E-state index contributed by atoms with van der Waals surface area (Å²) in [5, 5.41) is 13.1. The molecule has 5 nitrogen and oxygen atoms in total. The number of amides is 2. The second-order valence-corrected chi connectivity index (χ2v) is 5.90. The summed E-state index contributed by atoms with van der Waals surface area (Å²) in [7, 11) is 0. The van der Waals surface area contributed by atoms with Gasteiger partial charge in [-0.25, -0.2) is 0 Å². The van der Waals surface area contributed by atoms with Crippen LogP contribution in [0, 0.1) is 3.57 Å². The van der Waals surface area contributed by atoms with Crippen LogP contribution < -0.4 is 5.32 Å². The molecule has 2 aliphatic heterocycles. The molecule has 2 unspecified atom stereocenters. The van der Waals surface area contributed by atoms with Crippen LogP contribution in [0.3, 0.4) is 0 Å². The normalized spacial score (nSPS) is 26.3. The van der Waals surface area contributed by atoms with E-state index in [0.717, 1.165) is 9.99 Å². The number of rotatable bonds is 1. The van der Waals surface area contributed by atoms with E-state index >= 15 is 0 Å². The number of carbonyl (C=O) groups is 2. The van der Waals surface area contributed by atoms with E-state index in [9.17, 15) is 14.7 Å². The maximum Gasteiger partial charge on any atom is 0.258 e. The molecule has 19 heavy (non-hydrogen) atoms. The van der Waals surface area contributed by atoms with Crippen LogP contribution in [0.2, 0.25) is 0 Å². The Labute approximate surface area is 124 Å². The molecule has 6 heteroatoms. The predicted molar refractivity (Wildman–Crippen MR) is 76.3 cm³/mol. The van der Waals surface area contributed by atoms with E-state index < -0.39 is 12.3 Å². The fraction of sp³-hybridized carbons (Fsp3) is 0.385. The van der Waals surface area contributed by atoms with Gasteiger partial charge in [-0.15, -0.1) is 0 Å². The number of hydrogen-bond acceptors (Lipinski definition) is 3. The summed E-state index contributed by atoms with van der Waals surface area (Å²) >= 11 is 2.08. The molecule has 2 heterocycles. The van der Waals surface area contributed by atoms with Gasteiger partial charge in [-0.3, -0.25) is 14.5 Å². The van der Waals surface area contributed by atoms with Gasteiger partial charge >= 0.3 is 0 Å². The zero-order valence-electron chi connectivity index (χ0n) is 10.1. The number of piperidine rings is 1. The Morgan fingerprint density at radius 3 is 2.84 bits per heavy atom. The van der Waals surface area contributed by atoms with Crippen molar-refractivity contribution in [2.24, 2.45) is 0 Å². The highest BCUT2D eigenvalue weighted by molar-refractivity contribution is 14.1. The van der Waals surface area contributed by atoms with E-state index in [-0.39, 0.29) is 11.8 Å². The molecule has 1 fully saturated rings. The van der Waals surface area contributed by atoms with E-state index in [1.807, 2.05) is 12.1 Å². The molecule has 0 saturated carbocycles. The number of carbonyl (C=O) groups excluding carboxylic acids is 2. The fourth-order valence-electron chi connectivity index (χ4n) is 2.70. The third-order valence-corrected chi connectivity index (χ3v) is 4.53. The van der Waals surface area contributed by atoms with E-state index in [1.165, 1.54) is 4.90 Å². The number of nitrogens with zero attached hydrogens (tertiary/aromatic N) is 1. The summed E-state index contributed by atoms with van der Waals surface area (Å²) in [5.41, 5.74) is 1.12. The highest BCUT2D eigenvalue weighted by atomic mass is 127. The molecule has 100 valence electrons. The number of hydrogen-bond donors (Lipinski definition) is 2. The van der Waals surface area contributed by atoms with Gasteiger partial charge in [0.25, 0.3) is 5.91 Å². The summed E-state index contributed by atoms with van der Waals surface area (Å²) in [5.74, 6) is -0.434. The smallest absolute Gasteiger partial charge is 0.258 e. The summed E-state index contributed by atoms with van der Waals surface area (Å²) in [4.78, 5) is 25.7. The first-order chi connectivity index (χ1) is 9.11. The Morgan fingerprint density at radius 1 is 1.37 bits per heavy atom. The molecule has 2 N–H and O–H groups in total. The molecule has 2 aliphatic rings. The van der Waals surface area contributed by atoms with Gasteiger partial charge < -0.3 is 10.4 Å². The first-order valence-corrected chi connectivity index (χ1v) is 7.26. The number of benzene rings is 1. The quantitative estimate of drug-likeness (QED) is 0.724. The Kier molecular flexibility index (Phi) is 3.22. The maximum atomic E-state index is 12.5. The maximum absolute atomic E-state index is 12.5. The molecular formula is C13H13IN2O3. The zero-order valence-corrected chi connectivity index (χ0v) is 12.3. The largest absolute Gasteiger partial charge is 0.369 e. The first-order valence-electron chi connectivity index (χ1n) is 6.18. The van der Waals surface area contributed by atoms with Crippen molar-refractivity contribution in [3.05, 3.63) is 32.9 Å². The Bertz CT molecular complexity index is 561. The molecule has 2 atom stereocenters. The van der Waals surface area contributed by atoms with Crippen molar-refractivity contribution in [3.8, 4) is 0 Å². The number of aliphatic hydroxyl groups is 1. The van der Waals surface area contributed by atoms with Crippen molar-refractivity contribution in [3.63, 3.8) is 0 Å². The van der Waals surface area contributed by atoms with Gasteiger partial charge in [-0.05, 0) is 41.5 Å².